The van der Waals surface area contributed by atoms with Crippen molar-refractivity contribution >= 4 is 23.0 Å². The lowest BCUT2D eigenvalue weighted by atomic mass is 10.0. The van der Waals surface area contributed by atoms with Crippen LogP contribution in [-0.2, 0) is 0 Å². The fraction of sp³-hybridized carbons (Fsp3) is 0.625. The van der Waals surface area contributed by atoms with Crippen molar-refractivity contribution in [3.63, 3.8) is 0 Å². The Hall–Kier alpha value is -0.890. The van der Waals surface area contributed by atoms with Crippen molar-refractivity contribution in [2.75, 3.05) is 7.05 Å². The van der Waals surface area contributed by atoms with Crippen LogP contribution in [0.2, 0.25) is 0 Å². The monoisotopic (exact) mass is 280 g/mol. The SMILES string of the molecule is CCC(C)C(/C=C(C)/N=C(/C=C(\C)Cl)C1CC1)=NC. The van der Waals surface area contributed by atoms with Gasteiger partial charge < -0.3 is 0 Å². The maximum absolute atomic E-state index is 5.97. The van der Waals surface area contributed by atoms with Crippen LogP contribution in [0.1, 0.15) is 47.0 Å². The van der Waals surface area contributed by atoms with E-state index in [2.05, 4.69) is 24.9 Å². The van der Waals surface area contributed by atoms with Crippen LogP contribution in [0.25, 0.3) is 0 Å². The molecule has 1 unspecified atom stereocenters. The lowest BCUT2D eigenvalue weighted by molar-refractivity contribution is 0.740. The van der Waals surface area contributed by atoms with E-state index >= 15 is 0 Å². The Morgan fingerprint density at radius 3 is 2.37 bits per heavy atom. The van der Waals surface area contributed by atoms with Crippen LogP contribution in [-0.4, -0.2) is 18.5 Å². The first-order chi connectivity index (χ1) is 8.97. The average molecular weight is 281 g/mol. The smallest absolute Gasteiger partial charge is 0.0449 e. The van der Waals surface area contributed by atoms with Crippen LogP contribution < -0.4 is 0 Å². The average Bonchev–Trinajstić information content (AvgIpc) is 3.17. The summed E-state index contributed by atoms with van der Waals surface area (Å²) in [5.74, 6) is 1.08. The minimum atomic E-state index is 0.477. The second kappa shape index (κ2) is 7.64. The molecule has 0 spiro atoms. The first-order valence-electron chi connectivity index (χ1n) is 7.05. The minimum Gasteiger partial charge on any atom is -0.293 e. The van der Waals surface area contributed by atoms with E-state index in [1.54, 1.807) is 0 Å². The number of allylic oxidation sites excluding steroid dienone is 4. The van der Waals surface area contributed by atoms with Gasteiger partial charge in [0.2, 0.25) is 0 Å². The number of hydrogen-bond acceptors (Lipinski definition) is 2. The molecule has 1 rings (SSSR count). The number of aliphatic imine (C=N–C) groups is 2. The van der Waals surface area contributed by atoms with Gasteiger partial charge >= 0.3 is 0 Å². The molecule has 0 saturated heterocycles. The van der Waals surface area contributed by atoms with Gasteiger partial charge in [-0.05, 0) is 51.2 Å². The van der Waals surface area contributed by atoms with Crippen molar-refractivity contribution in [1.29, 1.82) is 0 Å². The molecule has 106 valence electrons. The molecule has 0 bridgehead atoms. The molecule has 0 aromatic carbocycles. The lowest BCUT2D eigenvalue weighted by Crippen LogP contribution is -2.08. The van der Waals surface area contributed by atoms with E-state index in [-0.39, 0.29) is 0 Å². The van der Waals surface area contributed by atoms with Gasteiger partial charge in [-0.2, -0.15) is 0 Å². The van der Waals surface area contributed by atoms with Crippen molar-refractivity contribution in [2.24, 2.45) is 21.8 Å². The van der Waals surface area contributed by atoms with Gasteiger partial charge in [-0.1, -0.05) is 25.4 Å². The van der Waals surface area contributed by atoms with E-state index in [4.69, 9.17) is 16.6 Å². The van der Waals surface area contributed by atoms with Crippen LogP contribution in [0.5, 0.6) is 0 Å². The molecule has 0 aromatic rings. The standard InChI is InChI=1S/C16H25ClN2/c1-6-11(2)15(18-5)10-13(4)19-16(9-12(3)17)14-7-8-14/h9-11,14H,6-8H2,1-5H3/b12-9+,13-10+,18-15?,19-16-. The summed E-state index contributed by atoms with van der Waals surface area (Å²) in [4.78, 5) is 9.08. The van der Waals surface area contributed by atoms with E-state index in [9.17, 15) is 0 Å². The Kier molecular flexibility index (Phi) is 6.50. The number of rotatable bonds is 6. The highest BCUT2D eigenvalue weighted by molar-refractivity contribution is 6.31. The fourth-order valence-electron chi connectivity index (χ4n) is 1.91. The van der Waals surface area contributed by atoms with Crippen molar-refractivity contribution in [2.45, 2.75) is 47.0 Å². The van der Waals surface area contributed by atoms with Crippen LogP contribution in [0, 0.1) is 11.8 Å². The highest BCUT2D eigenvalue weighted by atomic mass is 35.5. The molecule has 0 radical (unpaired) electrons. The van der Waals surface area contributed by atoms with Gasteiger partial charge in [0.15, 0.2) is 0 Å². The Labute approximate surface area is 122 Å². The Bertz CT molecular complexity index is 422. The third-order valence-electron chi connectivity index (χ3n) is 3.38. The zero-order valence-corrected chi connectivity index (χ0v) is 13.5. The van der Waals surface area contributed by atoms with Gasteiger partial charge in [0.25, 0.3) is 0 Å². The Morgan fingerprint density at radius 2 is 1.95 bits per heavy atom. The maximum atomic E-state index is 5.97. The number of nitrogens with zero attached hydrogens (tertiary/aromatic N) is 2. The normalized spacial score (nSPS) is 20.7. The molecule has 0 heterocycles. The van der Waals surface area contributed by atoms with Crippen LogP contribution in [0.4, 0.5) is 0 Å². The van der Waals surface area contributed by atoms with E-state index in [0.717, 1.165) is 28.6 Å². The Balaban J connectivity index is 2.91. The molecular formula is C16H25ClN2. The summed E-state index contributed by atoms with van der Waals surface area (Å²) in [6.07, 6.45) is 7.63. The zero-order valence-electron chi connectivity index (χ0n) is 12.7. The zero-order chi connectivity index (χ0) is 14.4. The molecule has 1 fully saturated rings. The first-order valence-corrected chi connectivity index (χ1v) is 7.43. The topological polar surface area (TPSA) is 24.7 Å². The molecule has 0 N–H and O–H groups in total. The second-order valence-corrected chi connectivity index (χ2v) is 5.88. The Morgan fingerprint density at radius 1 is 1.32 bits per heavy atom. The summed E-state index contributed by atoms with van der Waals surface area (Å²) in [6.45, 7) is 8.31. The van der Waals surface area contributed by atoms with Crippen molar-refractivity contribution in [1.82, 2.24) is 0 Å². The quantitative estimate of drug-likeness (QED) is 0.612. The van der Waals surface area contributed by atoms with Gasteiger partial charge in [-0.3, -0.25) is 9.98 Å². The summed E-state index contributed by atoms with van der Waals surface area (Å²) < 4.78 is 0. The molecule has 0 aliphatic heterocycles. The van der Waals surface area contributed by atoms with E-state index < -0.39 is 0 Å². The van der Waals surface area contributed by atoms with E-state index in [1.807, 2.05) is 27.0 Å². The molecule has 2 nitrogen and oxygen atoms in total. The summed E-state index contributed by atoms with van der Waals surface area (Å²) in [5.41, 5.74) is 3.24. The molecule has 0 aromatic heterocycles. The summed E-state index contributed by atoms with van der Waals surface area (Å²) in [5, 5.41) is 0.796. The van der Waals surface area contributed by atoms with E-state index in [1.165, 1.54) is 12.8 Å². The molecule has 1 aliphatic carbocycles. The first kappa shape index (κ1) is 16.2. The highest BCUT2D eigenvalue weighted by Gasteiger charge is 2.26. The van der Waals surface area contributed by atoms with Crippen LogP contribution >= 0.6 is 11.6 Å². The van der Waals surface area contributed by atoms with Gasteiger partial charge in [0, 0.05) is 35.1 Å². The summed E-state index contributed by atoms with van der Waals surface area (Å²) in [7, 11) is 1.85. The van der Waals surface area contributed by atoms with Crippen molar-refractivity contribution in [3.8, 4) is 0 Å². The largest absolute Gasteiger partial charge is 0.293 e. The van der Waals surface area contributed by atoms with E-state index in [0.29, 0.717) is 11.8 Å². The summed E-state index contributed by atoms with van der Waals surface area (Å²) in [6, 6.07) is 0. The van der Waals surface area contributed by atoms with Crippen molar-refractivity contribution in [3.05, 3.63) is 22.9 Å². The molecule has 19 heavy (non-hydrogen) atoms. The summed E-state index contributed by atoms with van der Waals surface area (Å²) >= 11 is 5.97. The molecular weight excluding hydrogens is 256 g/mol. The van der Waals surface area contributed by atoms with Gasteiger partial charge in [0.05, 0.1) is 0 Å². The molecule has 0 amide bonds. The molecule has 3 heteroatoms. The lowest BCUT2D eigenvalue weighted by Gasteiger charge is -2.09. The number of halogens is 1. The molecule has 1 atom stereocenters. The highest BCUT2D eigenvalue weighted by Crippen LogP contribution is 2.32. The predicted molar refractivity (Wildman–Crippen MR) is 86.3 cm³/mol. The third kappa shape index (κ3) is 5.73. The predicted octanol–water partition coefficient (Wildman–Crippen LogP) is 5.00. The van der Waals surface area contributed by atoms with Crippen LogP contribution in [0.15, 0.2) is 32.9 Å². The molecule has 1 aliphatic rings. The van der Waals surface area contributed by atoms with Crippen LogP contribution in [0.3, 0.4) is 0 Å². The second-order valence-electron chi connectivity index (χ2n) is 5.29. The van der Waals surface area contributed by atoms with Gasteiger partial charge in [-0.25, -0.2) is 0 Å². The molecule has 1 saturated carbocycles. The van der Waals surface area contributed by atoms with Crippen molar-refractivity contribution < 1.29 is 0 Å². The third-order valence-corrected chi connectivity index (χ3v) is 3.49. The maximum Gasteiger partial charge on any atom is 0.0449 e. The number of hydrogen-bond donors (Lipinski definition) is 0. The fourth-order valence-corrected chi connectivity index (χ4v) is 2.02. The van der Waals surface area contributed by atoms with Gasteiger partial charge in [-0.15, -0.1) is 0 Å². The van der Waals surface area contributed by atoms with Gasteiger partial charge in [0.1, 0.15) is 0 Å². The minimum absolute atomic E-state index is 0.477.